The Morgan fingerprint density at radius 3 is 2.46 bits per heavy atom. The lowest BCUT2D eigenvalue weighted by atomic mass is 10.2. The molecule has 1 aromatic heterocycles. The SMILES string of the molecule is Fc1ccc(COc2ncc(F)c(NCc3ccccc3F)n2)cc1F. The molecule has 0 aliphatic heterocycles. The number of nitrogens with zero attached hydrogens (tertiary/aromatic N) is 2. The molecule has 0 unspecified atom stereocenters. The van der Waals surface area contributed by atoms with Gasteiger partial charge >= 0.3 is 6.01 Å². The molecule has 0 amide bonds. The molecule has 0 aliphatic rings. The number of ether oxygens (including phenoxy) is 1. The molecule has 0 fully saturated rings. The van der Waals surface area contributed by atoms with Crippen molar-refractivity contribution in [2.45, 2.75) is 13.2 Å². The molecule has 1 N–H and O–H groups in total. The summed E-state index contributed by atoms with van der Waals surface area (Å²) in [5, 5.41) is 2.67. The topological polar surface area (TPSA) is 47.0 Å². The number of halogens is 4. The van der Waals surface area contributed by atoms with Crippen LogP contribution in [0.2, 0.25) is 0 Å². The molecule has 8 heteroatoms. The second-order valence-electron chi connectivity index (χ2n) is 5.33. The fourth-order valence-electron chi connectivity index (χ4n) is 2.14. The Balaban J connectivity index is 1.67. The van der Waals surface area contributed by atoms with Gasteiger partial charge in [-0.25, -0.2) is 22.5 Å². The molecule has 0 radical (unpaired) electrons. The zero-order chi connectivity index (χ0) is 18.5. The van der Waals surface area contributed by atoms with Gasteiger partial charge in [0.2, 0.25) is 0 Å². The van der Waals surface area contributed by atoms with Crippen molar-refractivity contribution in [2.75, 3.05) is 5.32 Å². The second-order valence-corrected chi connectivity index (χ2v) is 5.33. The molecule has 0 spiro atoms. The van der Waals surface area contributed by atoms with Gasteiger partial charge in [-0.1, -0.05) is 24.3 Å². The highest BCUT2D eigenvalue weighted by Crippen LogP contribution is 2.17. The van der Waals surface area contributed by atoms with Gasteiger partial charge in [0.1, 0.15) is 12.4 Å². The van der Waals surface area contributed by atoms with Gasteiger partial charge in [-0.2, -0.15) is 4.98 Å². The highest BCUT2D eigenvalue weighted by Gasteiger charge is 2.10. The van der Waals surface area contributed by atoms with Gasteiger partial charge in [0.25, 0.3) is 0 Å². The van der Waals surface area contributed by atoms with Crippen LogP contribution in [0.3, 0.4) is 0 Å². The minimum absolute atomic E-state index is 0.0171. The second kappa shape index (κ2) is 7.81. The molecular weight excluding hydrogens is 350 g/mol. The first kappa shape index (κ1) is 17.7. The summed E-state index contributed by atoms with van der Waals surface area (Å²) in [6.45, 7) is -0.112. The molecule has 1 heterocycles. The first-order valence-electron chi connectivity index (χ1n) is 7.59. The summed E-state index contributed by atoms with van der Waals surface area (Å²) in [7, 11) is 0. The van der Waals surface area contributed by atoms with E-state index in [9.17, 15) is 17.6 Å². The summed E-state index contributed by atoms with van der Waals surface area (Å²) < 4.78 is 58.7. The molecular formula is C18H13F4N3O. The zero-order valence-electron chi connectivity index (χ0n) is 13.3. The fraction of sp³-hybridized carbons (Fsp3) is 0.111. The Hall–Kier alpha value is -3.16. The minimum Gasteiger partial charge on any atom is -0.459 e. The average Bonchev–Trinajstić information content (AvgIpc) is 2.64. The summed E-state index contributed by atoms with van der Waals surface area (Å²) >= 11 is 0. The van der Waals surface area contributed by atoms with E-state index in [0.29, 0.717) is 11.1 Å². The lowest BCUT2D eigenvalue weighted by Gasteiger charge is -2.09. The molecule has 134 valence electrons. The van der Waals surface area contributed by atoms with Gasteiger partial charge in [0, 0.05) is 12.1 Å². The monoisotopic (exact) mass is 363 g/mol. The van der Waals surface area contributed by atoms with Gasteiger partial charge in [-0.05, 0) is 23.8 Å². The number of benzene rings is 2. The van der Waals surface area contributed by atoms with Crippen LogP contribution in [-0.4, -0.2) is 9.97 Å². The Morgan fingerprint density at radius 1 is 0.885 bits per heavy atom. The van der Waals surface area contributed by atoms with Crippen molar-refractivity contribution in [1.29, 1.82) is 0 Å². The normalized spacial score (nSPS) is 10.6. The summed E-state index contributed by atoms with van der Waals surface area (Å²) in [6.07, 6.45) is 0.900. The van der Waals surface area contributed by atoms with Gasteiger partial charge in [0.15, 0.2) is 23.3 Å². The van der Waals surface area contributed by atoms with E-state index in [1.165, 1.54) is 12.1 Å². The quantitative estimate of drug-likeness (QED) is 0.666. The van der Waals surface area contributed by atoms with Crippen LogP contribution in [0.25, 0.3) is 0 Å². The third-order valence-electron chi connectivity index (χ3n) is 3.48. The highest BCUT2D eigenvalue weighted by molar-refractivity contribution is 5.37. The summed E-state index contributed by atoms with van der Waals surface area (Å²) in [5.74, 6) is -3.29. The van der Waals surface area contributed by atoms with Gasteiger partial charge in [-0.15, -0.1) is 0 Å². The molecule has 4 nitrogen and oxygen atoms in total. The molecule has 0 saturated carbocycles. The van der Waals surface area contributed by atoms with Gasteiger partial charge in [-0.3, -0.25) is 0 Å². The van der Waals surface area contributed by atoms with E-state index in [-0.39, 0.29) is 25.0 Å². The Bertz CT molecular complexity index is 921. The first-order valence-corrected chi connectivity index (χ1v) is 7.59. The largest absolute Gasteiger partial charge is 0.459 e. The molecule has 3 rings (SSSR count). The minimum atomic E-state index is -1.00. The predicted octanol–water partition coefficient (Wildman–Crippen LogP) is 4.22. The maximum Gasteiger partial charge on any atom is 0.318 e. The van der Waals surface area contributed by atoms with E-state index in [0.717, 1.165) is 18.3 Å². The smallest absolute Gasteiger partial charge is 0.318 e. The molecule has 0 atom stereocenters. The molecule has 0 saturated heterocycles. The van der Waals surface area contributed by atoms with Crippen LogP contribution < -0.4 is 10.1 Å². The zero-order valence-corrected chi connectivity index (χ0v) is 13.3. The van der Waals surface area contributed by atoms with Crippen molar-refractivity contribution in [3.63, 3.8) is 0 Å². The van der Waals surface area contributed by atoms with Crippen LogP contribution in [0, 0.1) is 23.3 Å². The van der Waals surface area contributed by atoms with Crippen LogP contribution in [0.5, 0.6) is 6.01 Å². The highest BCUT2D eigenvalue weighted by atomic mass is 19.2. The number of anilines is 1. The molecule has 26 heavy (non-hydrogen) atoms. The Labute approximate surface area is 146 Å². The van der Waals surface area contributed by atoms with Crippen molar-refractivity contribution in [2.24, 2.45) is 0 Å². The number of hydrogen-bond acceptors (Lipinski definition) is 4. The molecule has 0 bridgehead atoms. The van der Waals surface area contributed by atoms with E-state index < -0.39 is 23.3 Å². The Morgan fingerprint density at radius 2 is 1.69 bits per heavy atom. The van der Waals surface area contributed by atoms with Crippen molar-refractivity contribution in [1.82, 2.24) is 9.97 Å². The standard InChI is InChI=1S/C18H13F4N3O/c19-13-4-2-1-3-12(13)8-23-17-16(22)9-24-18(25-17)26-10-11-5-6-14(20)15(21)7-11/h1-7,9H,8,10H2,(H,23,24,25). The van der Waals surface area contributed by atoms with E-state index >= 15 is 0 Å². The summed E-state index contributed by atoms with van der Waals surface area (Å²) in [6, 6.07) is 9.20. The van der Waals surface area contributed by atoms with E-state index in [4.69, 9.17) is 4.74 Å². The van der Waals surface area contributed by atoms with Gasteiger partial charge < -0.3 is 10.1 Å². The summed E-state index contributed by atoms with van der Waals surface area (Å²) in [4.78, 5) is 7.54. The number of rotatable bonds is 6. The number of aromatic nitrogens is 2. The molecule has 3 aromatic rings. The van der Waals surface area contributed by atoms with Crippen LogP contribution in [0.1, 0.15) is 11.1 Å². The predicted molar refractivity (Wildman–Crippen MR) is 86.4 cm³/mol. The average molecular weight is 363 g/mol. The van der Waals surface area contributed by atoms with Crippen LogP contribution >= 0.6 is 0 Å². The van der Waals surface area contributed by atoms with Crippen molar-refractivity contribution < 1.29 is 22.3 Å². The lowest BCUT2D eigenvalue weighted by Crippen LogP contribution is -2.08. The molecule has 2 aromatic carbocycles. The maximum absolute atomic E-state index is 13.8. The Kier molecular flexibility index (Phi) is 5.31. The third kappa shape index (κ3) is 4.27. The van der Waals surface area contributed by atoms with Crippen LogP contribution in [-0.2, 0) is 13.2 Å². The lowest BCUT2D eigenvalue weighted by molar-refractivity contribution is 0.279. The number of nitrogens with one attached hydrogen (secondary N) is 1. The molecule has 0 aliphatic carbocycles. The van der Waals surface area contributed by atoms with Crippen molar-refractivity contribution in [3.8, 4) is 6.01 Å². The third-order valence-corrected chi connectivity index (χ3v) is 3.48. The first-order chi connectivity index (χ1) is 12.5. The van der Waals surface area contributed by atoms with E-state index in [1.807, 2.05) is 0 Å². The maximum atomic E-state index is 13.8. The van der Waals surface area contributed by atoms with Crippen LogP contribution in [0.4, 0.5) is 23.4 Å². The van der Waals surface area contributed by atoms with Crippen LogP contribution in [0.15, 0.2) is 48.7 Å². The number of hydrogen-bond donors (Lipinski definition) is 1. The van der Waals surface area contributed by atoms with E-state index in [2.05, 4.69) is 15.3 Å². The van der Waals surface area contributed by atoms with Crippen molar-refractivity contribution in [3.05, 3.63) is 83.1 Å². The van der Waals surface area contributed by atoms with Gasteiger partial charge in [0.05, 0.1) is 6.20 Å². The fourth-order valence-corrected chi connectivity index (χ4v) is 2.14. The summed E-state index contributed by atoms with van der Waals surface area (Å²) in [5.41, 5.74) is 0.701. The van der Waals surface area contributed by atoms with E-state index in [1.54, 1.807) is 18.2 Å². The van der Waals surface area contributed by atoms with Crippen molar-refractivity contribution >= 4 is 5.82 Å².